The van der Waals surface area contributed by atoms with Crippen LogP contribution < -0.4 is 0 Å². The first-order valence-corrected chi connectivity index (χ1v) is 7.29. The molecular weight excluding hydrogens is 242 g/mol. The summed E-state index contributed by atoms with van der Waals surface area (Å²) in [6, 6.07) is 19.8. The Morgan fingerprint density at radius 2 is 1.65 bits per heavy atom. The Morgan fingerprint density at radius 1 is 0.950 bits per heavy atom. The lowest BCUT2D eigenvalue weighted by Crippen LogP contribution is -1.94. The summed E-state index contributed by atoms with van der Waals surface area (Å²) in [7, 11) is 2.14. The van der Waals surface area contributed by atoms with Crippen LogP contribution in [0.5, 0.6) is 0 Å². The average molecular weight is 263 g/mol. The van der Waals surface area contributed by atoms with E-state index in [9.17, 15) is 0 Å². The summed E-state index contributed by atoms with van der Waals surface area (Å²) in [5, 5.41) is 1.30. The van der Waals surface area contributed by atoms with Crippen molar-refractivity contribution in [2.45, 2.75) is 20.3 Å². The molecule has 1 nitrogen and oxygen atoms in total. The number of rotatable bonds is 3. The Bertz CT molecular complexity index is 717. The van der Waals surface area contributed by atoms with Crippen molar-refractivity contribution >= 4 is 10.9 Å². The van der Waals surface area contributed by atoms with Crippen LogP contribution in [0.15, 0.2) is 54.6 Å². The SMILES string of the molecule is CC(C)Cc1ccc(-c2cc3ccccc3n2C)cc1. The number of fused-ring (bicyclic) bond motifs is 1. The molecule has 2 aromatic carbocycles. The number of hydrogen-bond acceptors (Lipinski definition) is 0. The molecule has 0 bridgehead atoms. The van der Waals surface area contributed by atoms with E-state index in [1.165, 1.54) is 27.7 Å². The molecular formula is C19H21N. The standard InChI is InChI=1S/C19H21N/c1-14(2)12-15-8-10-16(11-9-15)19-13-17-6-4-5-7-18(17)20(19)3/h4-11,13-14H,12H2,1-3H3. The summed E-state index contributed by atoms with van der Waals surface area (Å²) in [5.74, 6) is 0.707. The van der Waals surface area contributed by atoms with E-state index in [0.29, 0.717) is 5.92 Å². The summed E-state index contributed by atoms with van der Waals surface area (Å²) in [5.41, 5.74) is 5.27. The Hall–Kier alpha value is -2.02. The van der Waals surface area contributed by atoms with Crippen molar-refractivity contribution in [3.05, 3.63) is 60.2 Å². The van der Waals surface area contributed by atoms with E-state index in [-0.39, 0.29) is 0 Å². The predicted octanol–water partition coefficient (Wildman–Crippen LogP) is 5.04. The summed E-state index contributed by atoms with van der Waals surface area (Å²) < 4.78 is 2.27. The first-order chi connectivity index (χ1) is 9.65. The van der Waals surface area contributed by atoms with Crippen LogP contribution in [0.4, 0.5) is 0 Å². The zero-order valence-electron chi connectivity index (χ0n) is 12.4. The Labute approximate surface area is 120 Å². The van der Waals surface area contributed by atoms with Gasteiger partial charge in [0.1, 0.15) is 0 Å². The van der Waals surface area contributed by atoms with E-state index in [2.05, 4.69) is 80.1 Å². The summed E-state index contributed by atoms with van der Waals surface area (Å²) in [6.07, 6.45) is 1.15. The Kier molecular flexibility index (Phi) is 3.35. The van der Waals surface area contributed by atoms with Crippen LogP contribution in [-0.4, -0.2) is 4.57 Å². The van der Waals surface area contributed by atoms with Gasteiger partial charge in [-0.1, -0.05) is 56.3 Å². The Balaban J connectivity index is 2.00. The van der Waals surface area contributed by atoms with Crippen LogP contribution in [-0.2, 0) is 13.5 Å². The maximum absolute atomic E-state index is 2.27. The molecule has 1 heterocycles. The summed E-state index contributed by atoms with van der Waals surface area (Å²) >= 11 is 0. The second-order valence-electron chi connectivity index (χ2n) is 5.94. The van der Waals surface area contributed by atoms with Gasteiger partial charge < -0.3 is 4.57 Å². The highest BCUT2D eigenvalue weighted by molar-refractivity contribution is 5.86. The second-order valence-corrected chi connectivity index (χ2v) is 5.94. The third-order valence-electron chi connectivity index (χ3n) is 3.85. The number of benzene rings is 2. The van der Waals surface area contributed by atoms with E-state index in [1.807, 2.05) is 0 Å². The predicted molar refractivity (Wildman–Crippen MR) is 86.9 cm³/mol. The first kappa shape index (κ1) is 13.0. The van der Waals surface area contributed by atoms with Gasteiger partial charge in [0.05, 0.1) is 0 Å². The molecule has 0 aliphatic rings. The highest BCUT2D eigenvalue weighted by Crippen LogP contribution is 2.27. The fourth-order valence-electron chi connectivity index (χ4n) is 2.85. The molecule has 3 rings (SSSR count). The zero-order chi connectivity index (χ0) is 14.1. The molecule has 102 valence electrons. The monoisotopic (exact) mass is 263 g/mol. The van der Waals surface area contributed by atoms with Crippen molar-refractivity contribution in [3.63, 3.8) is 0 Å². The number of nitrogens with zero attached hydrogens (tertiary/aromatic N) is 1. The van der Waals surface area contributed by atoms with E-state index in [0.717, 1.165) is 6.42 Å². The molecule has 0 saturated heterocycles. The van der Waals surface area contributed by atoms with Gasteiger partial charge in [-0.05, 0) is 35.6 Å². The maximum Gasteiger partial charge on any atom is 0.0488 e. The van der Waals surface area contributed by atoms with Gasteiger partial charge in [-0.15, -0.1) is 0 Å². The average Bonchev–Trinajstić information content (AvgIpc) is 2.77. The molecule has 3 aromatic rings. The molecule has 20 heavy (non-hydrogen) atoms. The van der Waals surface area contributed by atoms with E-state index < -0.39 is 0 Å². The summed E-state index contributed by atoms with van der Waals surface area (Å²) in [6.45, 7) is 4.52. The van der Waals surface area contributed by atoms with Crippen LogP contribution >= 0.6 is 0 Å². The minimum atomic E-state index is 0.707. The van der Waals surface area contributed by atoms with Gasteiger partial charge in [0.25, 0.3) is 0 Å². The second kappa shape index (κ2) is 5.16. The highest BCUT2D eigenvalue weighted by atomic mass is 14.9. The molecule has 0 amide bonds. The van der Waals surface area contributed by atoms with Crippen LogP contribution in [0.2, 0.25) is 0 Å². The van der Waals surface area contributed by atoms with Crippen molar-refractivity contribution in [2.75, 3.05) is 0 Å². The molecule has 0 atom stereocenters. The topological polar surface area (TPSA) is 4.93 Å². The van der Waals surface area contributed by atoms with Crippen molar-refractivity contribution in [1.82, 2.24) is 4.57 Å². The largest absolute Gasteiger partial charge is 0.344 e. The molecule has 0 aliphatic carbocycles. The molecule has 0 saturated carbocycles. The van der Waals surface area contributed by atoms with Gasteiger partial charge in [-0.2, -0.15) is 0 Å². The maximum atomic E-state index is 2.27. The van der Waals surface area contributed by atoms with Gasteiger partial charge in [0.15, 0.2) is 0 Å². The smallest absolute Gasteiger partial charge is 0.0488 e. The summed E-state index contributed by atoms with van der Waals surface area (Å²) in [4.78, 5) is 0. The lowest BCUT2D eigenvalue weighted by Gasteiger charge is -2.08. The highest BCUT2D eigenvalue weighted by Gasteiger charge is 2.07. The molecule has 1 heteroatoms. The minimum Gasteiger partial charge on any atom is -0.344 e. The minimum absolute atomic E-state index is 0.707. The van der Waals surface area contributed by atoms with Gasteiger partial charge in [0.2, 0.25) is 0 Å². The van der Waals surface area contributed by atoms with E-state index >= 15 is 0 Å². The van der Waals surface area contributed by atoms with Crippen LogP contribution in [0, 0.1) is 5.92 Å². The molecule has 0 spiro atoms. The lowest BCUT2D eigenvalue weighted by atomic mass is 10.0. The number of aryl methyl sites for hydroxylation is 1. The van der Waals surface area contributed by atoms with Crippen LogP contribution in [0.3, 0.4) is 0 Å². The molecule has 0 unspecified atom stereocenters. The Morgan fingerprint density at radius 3 is 2.30 bits per heavy atom. The lowest BCUT2D eigenvalue weighted by molar-refractivity contribution is 0.647. The normalized spacial score (nSPS) is 11.4. The van der Waals surface area contributed by atoms with Gasteiger partial charge in [-0.25, -0.2) is 0 Å². The molecule has 0 radical (unpaired) electrons. The molecule has 0 fully saturated rings. The van der Waals surface area contributed by atoms with Crippen molar-refractivity contribution in [2.24, 2.45) is 13.0 Å². The molecule has 1 aromatic heterocycles. The van der Waals surface area contributed by atoms with Crippen molar-refractivity contribution in [1.29, 1.82) is 0 Å². The van der Waals surface area contributed by atoms with Crippen LogP contribution in [0.1, 0.15) is 19.4 Å². The third-order valence-corrected chi connectivity index (χ3v) is 3.85. The molecule has 0 N–H and O–H groups in total. The fraction of sp³-hybridized carbons (Fsp3) is 0.263. The number of hydrogen-bond donors (Lipinski definition) is 0. The fourth-order valence-corrected chi connectivity index (χ4v) is 2.85. The van der Waals surface area contributed by atoms with Crippen molar-refractivity contribution in [3.8, 4) is 11.3 Å². The number of aromatic nitrogens is 1. The third kappa shape index (κ3) is 2.36. The zero-order valence-corrected chi connectivity index (χ0v) is 12.4. The van der Waals surface area contributed by atoms with Gasteiger partial charge >= 0.3 is 0 Å². The van der Waals surface area contributed by atoms with Crippen LogP contribution in [0.25, 0.3) is 22.2 Å². The van der Waals surface area contributed by atoms with E-state index in [4.69, 9.17) is 0 Å². The van der Waals surface area contributed by atoms with Gasteiger partial charge in [-0.3, -0.25) is 0 Å². The van der Waals surface area contributed by atoms with Gasteiger partial charge in [0, 0.05) is 23.6 Å². The van der Waals surface area contributed by atoms with E-state index in [1.54, 1.807) is 0 Å². The number of para-hydroxylation sites is 1. The quantitative estimate of drug-likeness (QED) is 0.623. The molecule has 0 aliphatic heterocycles. The van der Waals surface area contributed by atoms with Crippen molar-refractivity contribution < 1.29 is 0 Å². The first-order valence-electron chi connectivity index (χ1n) is 7.29.